The van der Waals surface area contributed by atoms with Gasteiger partial charge in [0.15, 0.2) is 10.6 Å². The van der Waals surface area contributed by atoms with Gasteiger partial charge in [-0.25, -0.2) is 17.7 Å². The van der Waals surface area contributed by atoms with Crippen molar-refractivity contribution in [1.82, 2.24) is 8.87 Å². The molecule has 2 heterocycles. The molecule has 150 valence electrons. The summed E-state index contributed by atoms with van der Waals surface area (Å²) >= 11 is 1.54. The van der Waals surface area contributed by atoms with Crippen LogP contribution in [-0.4, -0.2) is 31.4 Å². The van der Waals surface area contributed by atoms with Crippen molar-refractivity contribution in [3.8, 4) is 11.5 Å². The van der Waals surface area contributed by atoms with Gasteiger partial charge in [0, 0.05) is 25.5 Å². The van der Waals surface area contributed by atoms with Gasteiger partial charge in [-0.2, -0.15) is 0 Å². The number of halogens is 1. The van der Waals surface area contributed by atoms with Crippen LogP contribution in [0, 0.1) is 6.92 Å². The van der Waals surface area contributed by atoms with Crippen molar-refractivity contribution in [1.29, 1.82) is 0 Å². The molecule has 1 saturated carbocycles. The van der Waals surface area contributed by atoms with E-state index in [0.717, 1.165) is 34.7 Å². The zero-order valence-corrected chi connectivity index (χ0v) is 19.2. The molecule has 1 aliphatic carbocycles. The zero-order valence-electron chi connectivity index (χ0n) is 15.8. The van der Waals surface area contributed by atoms with Crippen LogP contribution in [0.2, 0.25) is 0 Å². The second-order valence-corrected chi connectivity index (χ2v) is 9.82. The molecular weight excluding hydrogens is 462 g/mol. The van der Waals surface area contributed by atoms with Crippen molar-refractivity contribution in [2.75, 3.05) is 14.1 Å². The Hall–Kier alpha value is -1.68. The van der Waals surface area contributed by atoms with Crippen molar-refractivity contribution < 1.29 is 12.8 Å². The second-order valence-electron chi connectivity index (χ2n) is 6.83. The van der Waals surface area contributed by atoms with Crippen LogP contribution in [0.15, 0.2) is 56.3 Å². The summed E-state index contributed by atoms with van der Waals surface area (Å²) in [7, 11) is -0.438. The summed E-state index contributed by atoms with van der Waals surface area (Å²) < 4.78 is 33.9. The van der Waals surface area contributed by atoms with Crippen LogP contribution in [0.3, 0.4) is 0 Å². The summed E-state index contributed by atoms with van der Waals surface area (Å²) in [4.78, 5) is 5.92. The molecule has 0 bridgehead atoms. The number of nitrogens with zero attached hydrogens (tertiary/aromatic N) is 3. The van der Waals surface area contributed by atoms with E-state index in [4.69, 9.17) is 9.41 Å². The molecule has 0 N–H and O–H groups in total. The van der Waals surface area contributed by atoms with Crippen molar-refractivity contribution in [2.45, 2.75) is 30.7 Å². The highest BCUT2D eigenvalue weighted by molar-refractivity contribution is 8.93. The van der Waals surface area contributed by atoms with E-state index in [2.05, 4.69) is 4.57 Å². The van der Waals surface area contributed by atoms with E-state index < -0.39 is 10.0 Å². The normalized spacial score (nSPS) is 15.1. The third-order valence-electron chi connectivity index (χ3n) is 4.60. The molecule has 28 heavy (non-hydrogen) atoms. The van der Waals surface area contributed by atoms with Crippen LogP contribution in [0.4, 0.5) is 5.69 Å². The quantitative estimate of drug-likeness (QED) is 0.535. The van der Waals surface area contributed by atoms with Crippen molar-refractivity contribution >= 4 is 44.0 Å². The lowest BCUT2D eigenvalue weighted by Crippen LogP contribution is -2.22. The predicted octanol–water partition coefficient (Wildman–Crippen LogP) is 4.51. The summed E-state index contributed by atoms with van der Waals surface area (Å²) in [6.07, 6.45) is 3.90. The number of sulfonamides is 1. The number of rotatable bonds is 5. The second kappa shape index (κ2) is 7.98. The lowest BCUT2D eigenvalue weighted by molar-refractivity contribution is 0.521. The lowest BCUT2D eigenvalue weighted by atomic mass is 10.2. The molecule has 0 spiro atoms. The van der Waals surface area contributed by atoms with Crippen LogP contribution in [-0.2, 0) is 10.0 Å². The molecule has 2 aromatic heterocycles. The number of aromatic nitrogens is 1. The summed E-state index contributed by atoms with van der Waals surface area (Å²) in [6, 6.07) is 9.32. The number of thiazole rings is 1. The minimum absolute atomic E-state index is 0. The van der Waals surface area contributed by atoms with Gasteiger partial charge in [-0.15, -0.1) is 28.3 Å². The molecule has 0 radical (unpaired) electrons. The van der Waals surface area contributed by atoms with Gasteiger partial charge in [0.2, 0.25) is 10.0 Å². The van der Waals surface area contributed by atoms with Crippen LogP contribution in [0.5, 0.6) is 0 Å². The highest BCUT2D eigenvalue weighted by Crippen LogP contribution is 2.38. The van der Waals surface area contributed by atoms with Gasteiger partial charge in [0.25, 0.3) is 0 Å². The maximum absolute atomic E-state index is 12.5. The Morgan fingerprint density at radius 3 is 2.61 bits per heavy atom. The minimum Gasteiger partial charge on any atom is -0.463 e. The molecule has 4 rings (SSSR count). The van der Waals surface area contributed by atoms with Crippen LogP contribution >= 0.6 is 28.3 Å². The average Bonchev–Trinajstić information content (AvgIpc) is 3.16. The Labute approximate surface area is 179 Å². The van der Waals surface area contributed by atoms with E-state index in [0.29, 0.717) is 11.7 Å². The summed E-state index contributed by atoms with van der Waals surface area (Å²) in [5.74, 6) is 0.820. The Morgan fingerprint density at radius 2 is 2.00 bits per heavy atom. The van der Waals surface area contributed by atoms with Gasteiger partial charge in [-0.3, -0.25) is 0 Å². The van der Waals surface area contributed by atoms with Gasteiger partial charge < -0.3 is 8.98 Å². The van der Waals surface area contributed by atoms with Gasteiger partial charge in [-0.1, -0.05) is 6.07 Å². The monoisotopic (exact) mass is 483 g/mol. The molecule has 0 atom stereocenters. The number of aryl methyl sites for hydroxylation is 1. The van der Waals surface area contributed by atoms with Gasteiger partial charge >= 0.3 is 0 Å². The van der Waals surface area contributed by atoms with E-state index in [1.807, 2.05) is 24.4 Å². The number of benzene rings is 1. The first-order chi connectivity index (χ1) is 12.9. The SMILES string of the molecule is Br.Cc1ccc(S(=O)(=O)N(C)C)cc1N=c1scc(-c2ccco2)n1C1CC1. The minimum atomic E-state index is -3.50. The molecular formula is C19H22BrN3O3S2. The molecule has 0 unspecified atom stereocenters. The Kier molecular flexibility index (Phi) is 6.00. The highest BCUT2D eigenvalue weighted by Gasteiger charge is 2.28. The van der Waals surface area contributed by atoms with E-state index in [-0.39, 0.29) is 21.9 Å². The van der Waals surface area contributed by atoms with Crippen molar-refractivity contribution in [3.05, 3.63) is 52.3 Å². The molecule has 1 fully saturated rings. The fourth-order valence-corrected chi connectivity index (χ4v) is 4.76. The lowest BCUT2D eigenvalue weighted by Gasteiger charge is -2.12. The molecule has 1 aliphatic rings. The number of hydrogen-bond donors (Lipinski definition) is 0. The molecule has 0 aliphatic heterocycles. The van der Waals surface area contributed by atoms with Crippen LogP contribution in [0.1, 0.15) is 24.4 Å². The molecule has 0 amide bonds. The predicted molar refractivity (Wildman–Crippen MR) is 116 cm³/mol. The van der Waals surface area contributed by atoms with Gasteiger partial charge in [0.05, 0.1) is 22.5 Å². The fraction of sp³-hybridized carbons (Fsp3) is 0.316. The zero-order chi connectivity index (χ0) is 19.2. The summed E-state index contributed by atoms with van der Waals surface area (Å²) in [6.45, 7) is 1.94. The first-order valence-electron chi connectivity index (χ1n) is 8.70. The number of furan rings is 1. The van der Waals surface area contributed by atoms with Crippen molar-refractivity contribution in [3.63, 3.8) is 0 Å². The molecule has 9 heteroatoms. The Bertz CT molecular complexity index is 1140. The number of hydrogen-bond acceptors (Lipinski definition) is 5. The van der Waals surface area contributed by atoms with Crippen LogP contribution in [0.25, 0.3) is 11.5 Å². The standard InChI is InChI=1S/C19H21N3O3S2.BrH/c1-13-6-9-15(27(23,24)21(2)3)11-16(13)20-19-22(14-7-8-14)17(12-26-19)18-5-4-10-25-18;/h4-6,9-12,14H,7-8H2,1-3H3;1H. The Morgan fingerprint density at radius 1 is 1.25 bits per heavy atom. The third-order valence-corrected chi connectivity index (χ3v) is 7.25. The summed E-state index contributed by atoms with van der Waals surface area (Å²) in [5.41, 5.74) is 2.61. The average molecular weight is 484 g/mol. The van der Waals surface area contributed by atoms with Crippen LogP contribution < -0.4 is 4.80 Å². The molecule has 6 nitrogen and oxygen atoms in total. The maximum atomic E-state index is 12.5. The third kappa shape index (κ3) is 3.89. The maximum Gasteiger partial charge on any atom is 0.242 e. The Balaban J connectivity index is 0.00000225. The van der Waals surface area contributed by atoms with Gasteiger partial charge in [0.1, 0.15) is 0 Å². The van der Waals surface area contributed by atoms with E-state index in [1.165, 1.54) is 18.4 Å². The molecule has 1 aromatic carbocycles. The summed E-state index contributed by atoms with van der Waals surface area (Å²) in [5, 5.41) is 2.05. The van der Waals surface area contributed by atoms with Crippen molar-refractivity contribution in [2.24, 2.45) is 4.99 Å². The molecule has 3 aromatic rings. The first-order valence-corrected chi connectivity index (χ1v) is 11.0. The van der Waals surface area contributed by atoms with E-state index >= 15 is 0 Å². The highest BCUT2D eigenvalue weighted by atomic mass is 79.9. The molecule has 0 saturated heterocycles. The smallest absolute Gasteiger partial charge is 0.242 e. The van der Waals surface area contributed by atoms with Gasteiger partial charge in [-0.05, 0) is 49.6 Å². The largest absolute Gasteiger partial charge is 0.463 e. The fourth-order valence-electron chi connectivity index (χ4n) is 2.88. The topological polar surface area (TPSA) is 67.8 Å². The first kappa shape index (κ1) is 21.0. The van der Waals surface area contributed by atoms with E-state index in [1.54, 1.807) is 35.8 Å². The van der Waals surface area contributed by atoms with E-state index in [9.17, 15) is 8.42 Å².